The minimum atomic E-state index is -4.59. The molecular formula is C17H19F3N3O3-. The molecule has 26 heavy (non-hydrogen) atoms. The quantitative estimate of drug-likeness (QED) is 0.771. The number of aromatic nitrogens is 2. The highest BCUT2D eigenvalue weighted by Gasteiger charge is 2.35. The second-order valence-electron chi connectivity index (χ2n) is 5.56. The van der Waals surface area contributed by atoms with Gasteiger partial charge in [-0.2, -0.15) is 13.2 Å². The Bertz CT molecular complexity index is 772. The minimum Gasteiger partial charge on any atom is -0.545 e. The standard InChI is InChI=1S/C17H20F3N3O3/c1-3-5-9-23-10-11(16(24)25)15(22-23)26-13-8-6-7-12(17(18,19)20)14(13)21-4-2/h6-8,10,21H,3-5,9H2,1-2H3,(H,24,25)/p-1. The van der Waals surface area contributed by atoms with Crippen LogP contribution in [-0.4, -0.2) is 22.3 Å². The molecule has 0 amide bonds. The van der Waals surface area contributed by atoms with Crippen LogP contribution < -0.4 is 15.2 Å². The number of aromatic carboxylic acids is 1. The Morgan fingerprint density at radius 3 is 2.65 bits per heavy atom. The van der Waals surface area contributed by atoms with Crippen molar-refractivity contribution in [3.8, 4) is 11.6 Å². The number of carboxylic acids is 1. The van der Waals surface area contributed by atoms with Crippen molar-refractivity contribution in [3.05, 3.63) is 35.5 Å². The van der Waals surface area contributed by atoms with Crippen LogP contribution in [0.25, 0.3) is 0 Å². The van der Waals surface area contributed by atoms with Crippen LogP contribution >= 0.6 is 0 Å². The maximum Gasteiger partial charge on any atom is 0.418 e. The molecule has 0 saturated heterocycles. The van der Waals surface area contributed by atoms with Crippen molar-refractivity contribution in [1.82, 2.24) is 9.78 Å². The summed E-state index contributed by atoms with van der Waals surface area (Å²) < 4.78 is 46.5. The van der Waals surface area contributed by atoms with Crippen molar-refractivity contribution in [2.24, 2.45) is 0 Å². The predicted octanol–water partition coefficient (Wildman–Crippen LogP) is 3.29. The van der Waals surface area contributed by atoms with E-state index in [1.54, 1.807) is 6.92 Å². The Labute approximate surface area is 148 Å². The summed E-state index contributed by atoms with van der Waals surface area (Å²) >= 11 is 0. The Hall–Kier alpha value is -2.71. The molecule has 0 aliphatic rings. The van der Waals surface area contributed by atoms with E-state index < -0.39 is 17.7 Å². The summed E-state index contributed by atoms with van der Waals surface area (Å²) in [6, 6.07) is 3.42. The summed E-state index contributed by atoms with van der Waals surface area (Å²) in [4.78, 5) is 11.3. The number of ether oxygens (including phenoxy) is 1. The number of halogens is 3. The lowest BCUT2D eigenvalue weighted by Gasteiger charge is -2.17. The van der Waals surface area contributed by atoms with Gasteiger partial charge in [-0.05, 0) is 25.5 Å². The molecule has 0 aliphatic heterocycles. The molecule has 1 aromatic carbocycles. The van der Waals surface area contributed by atoms with Crippen LogP contribution in [0.15, 0.2) is 24.4 Å². The molecule has 2 aromatic rings. The number of rotatable bonds is 8. The molecule has 0 radical (unpaired) electrons. The number of hydrogen-bond acceptors (Lipinski definition) is 5. The van der Waals surface area contributed by atoms with Gasteiger partial charge in [0.2, 0.25) is 5.88 Å². The average Bonchev–Trinajstić information content (AvgIpc) is 2.96. The van der Waals surface area contributed by atoms with Gasteiger partial charge in [0.15, 0.2) is 5.75 Å². The number of carboxylic acid groups (broad SMARTS) is 1. The fraction of sp³-hybridized carbons (Fsp3) is 0.412. The fourth-order valence-corrected chi connectivity index (χ4v) is 2.37. The molecular weight excluding hydrogens is 351 g/mol. The van der Waals surface area contributed by atoms with Crippen molar-refractivity contribution >= 4 is 11.7 Å². The zero-order valence-corrected chi connectivity index (χ0v) is 14.4. The van der Waals surface area contributed by atoms with Crippen LogP contribution in [0.3, 0.4) is 0 Å². The van der Waals surface area contributed by atoms with Gasteiger partial charge in [0, 0.05) is 19.3 Å². The highest BCUT2D eigenvalue weighted by Crippen LogP contribution is 2.41. The van der Waals surface area contributed by atoms with Crippen molar-refractivity contribution in [3.63, 3.8) is 0 Å². The summed E-state index contributed by atoms with van der Waals surface area (Å²) in [5, 5.41) is 17.9. The van der Waals surface area contributed by atoms with E-state index in [-0.39, 0.29) is 29.4 Å². The summed E-state index contributed by atoms with van der Waals surface area (Å²) in [6.07, 6.45) is -1.70. The Balaban J connectivity index is 2.44. The molecule has 0 saturated carbocycles. The number of nitrogens with zero attached hydrogens (tertiary/aromatic N) is 2. The number of anilines is 1. The number of aryl methyl sites for hydroxylation is 1. The summed E-state index contributed by atoms with van der Waals surface area (Å²) in [5.74, 6) is -1.98. The first-order valence-corrected chi connectivity index (χ1v) is 8.18. The van der Waals surface area contributed by atoms with E-state index in [2.05, 4.69) is 10.4 Å². The number of carbonyl (C=O) groups is 1. The van der Waals surface area contributed by atoms with E-state index in [9.17, 15) is 23.1 Å². The number of nitrogens with one attached hydrogen (secondary N) is 1. The van der Waals surface area contributed by atoms with Crippen LogP contribution in [0, 0.1) is 0 Å². The molecule has 0 bridgehead atoms. The third-order valence-electron chi connectivity index (χ3n) is 3.58. The Morgan fingerprint density at radius 2 is 2.08 bits per heavy atom. The summed E-state index contributed by atoms with van der Waals surface area (Å²) in [5.41, 5.74) is -1.49. The zero-order valence-electron chi connectivity index (χ0n) is 14.4. The molecule has 1 heterocycles. The van der Waals surface area contributed by atoms with Crippen LogP contribution in [-0.2, 0) is 12.7 Å². The third-order valence-corrected chi connectivity index (χ3v) is 3.58. The molecule has 1 aromatic heterocycles. The van der Waals surface area contributed by atoms with Gasteiger partial charge in [-0.15, -0.1) is 5.10 Å². The topological polar surface area (TPSA) is 79.2 Å². The second kappa shape index (κ2) is 8.11. The number of unbranched alkanes of at least 4 members (excludes halogenated alkanes) is 1. The molecule has 1 N–H and O–H groups in total. The smallest absolute Gasteiger partial charge is 0.418 e. The fourth-order valence-electron chi connectivity index (χ4n) is 2.37. The van der Waals surface area contributed by atoms with Gasteiger partial charge in [0.1, 0.15) is 0 Å². The lowest BCUT2D eigenvalue weighted by atomic mass is 10.1. The SMILES string of the molecule is CCCCn1cc(C(=O)[O-])c(Oc2cccc(C(F)(F)F)c2NCC)n1. The highest BCUT2D eigenvalue weighted by molar-refractivity contribution is 5.88. The van der Waals surface area contributed by atoms with Crippen LogP contribution in [0.1, 0.15) is 42.6 Å². The maximum absolute atomic E-state index is 13.2. The number of para-hydroxylation sites is 1. The Kier molecular flexibility index (Phi) is 6.12. The molecule has 2 rings (SSSR count). The van der Waals surface area contributed by atoms with Gasteiger partial charge >= 0.3 is 6.18 Å². The zero-order chi connectivity index (χ0) is 19.3. The molecule has 142 valence electrons. The lowest BCUT2D eigenvalue weighted by molar-refractivity contribution is -0.255. The molecule has 0 unspecified atom stereocenters. The second-order valence-corrected chi connectivity index (χ2v) is 5.56. The van der Waals surface area contributed by atoms with Gasteiger partial charge < -0.3 is 20.0 Å². The largest absolute Gasteiger partial charge is 0.545 e. The lowest BCUT2D eigenvalue weighted by Crippen LogP contribution is -2.22. The summed E-state index contributed by atoms with van der Waals surface area (Å²) in [6.45, 7) is 4.29. The summed E-state index contributed by atoms with van der Waals surface area (Å²) in [7, 11) is 0. The molecule has 0 atom stereocenters. The van der Waals surface area contributed by atoms with Crippen LogP contribution in [0.4, 0.5) is 18.9 Å². The molecule has 9 heteroatoms. The van der Waals surface area contributed by atoms with Crippen molar-refractivity contribution in [2.75, 3.05) is 11.9 Å². The first-order chi connectivity index (χ1) is 12.3. The van der Waals surface area contributed by atoms with Gasteiger partial charge in [0.05, 0.1) is 22.8 Å². The molecule has 0 aliphatic carbocycles. The van der Waals surface area contributed by atoms with Crippen LogP contribution in [0.2, 0.25) is 0 Å². The molecule has 0 fully saturated rings. The monoisotopic (exact) mass is 370 g/mol. The van der Waals surface area contributed by atoms with E-state index in [0.717, 1.165) is 18.9 Å². The number of alkyl halides is 3. The highest BCUT2D eigenvalue weighted by atomic mass is 19.4. The van der Waals surface area contributed by atoms with E-state index in [1.807, 2.05) is 6.92 Å². The third kappa shape index (κ3) is 4.47. The predicted molar refractivity (Wildman–Crippen MR) is 87.1 cm³/mol. The van der Waals surface area contributed by atoms with Gasteiger partial charge in [0.25, 0.3) is 0 Å². The van der Waals surface area contributed by atoms with E-state index in [4.69, 9.17) is 4.74 Å². The Morgan fingerprint density at radius 1 is 1.35 bits per heavy atom. The molecule has 6 nitrogen and oxygen atoms in total. The van der Waals surface area contributed by atoms with Crippen LogP contribution in [0.5, 0.6) is 11.6 Å². The van der Waals surface area contributed by atoms with E-state index in [0.29, 0.717) is 6.54 Å². The van der Waals surface area contributed by atoms with Gasteiger partial charge in [-0.1, -0.05) is 19.4 Å². The van der Waals surface area contributed by atoms with Gasteiger partial charge in [-0.3, -0.25) is 4.68 Å². The van der Waals surface area contributed by atoms with E-state index in [1.165, 1.54) is 23.0 Å². The van der Waals surface area contributed by atoms with Gasteiger partial charge in [-0.25, -0.2) is 0 Å². The number of carbonyl (C=O) groups excluding carboxylic acids is 1. The minimum absolute atomic E-state index is 0.162. The maximum atomic E-state index is 13.2. The first kappa shape index (κ1) is 19.6. The average molecular weight is 370 g/mol. The molecule has 0 spiro atoms. The first-order valence-electron chi connectivity index (χ1n) is 8.18. The number of hydrogen-bond donors (Lipinski definition) is 1. The van der Waals surface area contributed by atoms with E-state index >= 15 is 0 Å². The normalized spacial score (nSPS) is 11.4. The van der Waals surface area contributed by atoms with Crippen molar-refractivity contribution in [2.45, 2.75) is 39.4 Å². The number of benzene rings is 1. The van der Waals surface area contributed by atoms with Crippen molar-refractivity contribution < 1.29 is 27.8 Å². The van der Waals surface area contributed by atoms with Crippen molar-refractivity contribution in [1.29, 1.82) is 0 Å².